The topological polar surface area (TPSA) is 72.1 Å². The van der Waals surface area contributed by atoms with Gasteiger partial charge in [0.2, 0.25) is 5.91 Å². The molecule has 4 aromatic rings. The van der Waals surface area contributed by atoms with Crippen molar-refractivity contribution in [1.82, 2.24) is 9.97 Å². The number of nitrogens with two attached hydrogens (primary N) is 1. The van der Waals surface area contributed by atoms with Gasteiger partial charge < -0.3 is 5.73 Å². The van der Waals surface area contributed by atoms with Crippen LogP contribution in [0.3, 0.4) is 0 Å². The number of para-hydroxylation sites is 2. The van der Waals surface area contributed by atoms with Gasteiger partial charge in [-0.3, -0.25) is 9.69 Å². The summed E-state index contributed by atoms with van der Waals surface area (Å²) in [7, 11) is 0. The number of carbonyl (C=O) groups is 1. The van der Waals surface area contributed by atoms with Crippen molar-refractivity contribution in [2.75, 3.05) is 16.4 Å². The van der Waals surface area contributed by atoms with Crippen LogP contribution in [0.25, 0.3) is 10.2 Å². The lowest BCUT2D eigenvalue weighted by Crippen LogP contribution is -2.28. The van der Waals surface area contributed by atoms with E-state index in [-0.39, 0.29) is 11.7 Å². The van der Waals surface area contributed by atoms with Crippen molar-refractivity contribution < 1.29 is 4.79 Å². The highest BCUT2D eigenvalue weighted by molar-refractivity contribution is 7.99. The standard InChI is InChI=1S/C22H18N4OS2/c23-20-16-11-12-28-21(16)25-22(24-20)29-13-19(27)26-17-7-3-1-5-14(17)9-10-15-6-2-4-8-18(15)26/h1-8,11-12H,9-10,13H2,(H2,23,24,25). The van der Waals surface area contributed by atoms with Gasteiger partial charge in [0.05, 0.1) is 22.5 Å². The summed E-state index contributed by atoms with van der Waals surface area (Å²) in [5, 5.41) is 3.34. The summed E-state index contributed by atoms with van der Waals surface area (Å²) < 4.78 is 0. The van der Waals surface area contributed by atoms with Crippen molar-refractivity contribution >= 4 is 56.4 Å². The molecule has 2 aromatic heterocycles. The molecule has 0 atom stereocenters. The number of aromatic nitrogens is 2. The van der Waals surface area contributed by atoms with Gasteiger partial charge in [-0.2, -0.15) is 0 Å². The van der Waals surface area contributed by atoms with Gasteiger partial charge in [-0.15, -0.1) is 11.3 Å². The number of hydrogen-bond acceptors (Lipinski definition) is 6. The van der Waals surface area contributed by atoms with Crippen molar-refractivity contribution in [3.8, 4) is 0 Å². The lowest BCUT2D eigenvalue weighted by atomic mass is 10.0. The number of nitrogens with zero attached hydrogens (tertiary/aromatic N) is 3. The highest BCUT2D eigenvalue weighted by Gasteiger charge is 2.25. The van der Waals surface area contributed by atoms with Crippen molar-refractivity contribution in [3.05, 3.63) is 71.1 Å². The third kappa shape index (κ3) is 3.36. The Morgan fingerprint density at radius 1 is 1.00 bits per heavy atom. The maximum atomic E-state index is 13.4. The van der Waals surface area contributed by atoms with Gasteiger partial charge in [0.15, 0.2) is 5.16 Å². The normalized spacial score (nSPS) is 13.0. The highest BCUT2D eigenvalue weighted by Crippen LogP contribution is 2.36. The minimum absolute atomic E-state index is 0.00486. The summed E-state index contributed by atoms with van der Waals surface area (Å²) in [4.78, 5) is 25.0. The van der Waals surface area contributed by atoms with Crippen LogP contribution < -0.4 is 10.6 Å². The third-order valence-electron chi connectivity index (χ3n) is 5.04. The lowest BCUT2D eigenvalue weighted by molar-refractivity contribution is -0.115. The number of benzene rings is 2. The van der Waals surface area contributed by atoms with Crippen LogP contribution in [-0.4, -0.2) is 21.6 Å². The summed E-state index contributed by atoms with van der Waals surface area (Å²) >= 11 is 2.85. The minimum atomic E-state index is 0.00486. The van der Waals surface area contributed by atoms with Gasteiger partial charge in [0.25, 0.3) is 0 Å². The number of aryl methyl sites for hydroxylation is 2. The van der Waals surface area contributed by atoms with E-state index in [4.69, 9.17) is 5.73 Å². The molecule has 0 fully saturated rings. The van der Waals surface area contributed by atoms with Gasteiger partial charge in [-0.25, -0.2) is 9.97 Å². The number of anilines is 3. The van der Waals surface area contributed by atoms with Gasteiger partial charge >= 0.3 is 0 Å². The van der Waals surface area contributed by atoms with E-state index in [9.17, 15) is 4.79 Å². The molecule has 29 heavy (non-hydrogen) atoms. The average molecular weight is 419 g/mol. The predicted molar refractivity (Wildman–Crippen MR) is 120 cm³/mol. The van der Waals surface area contributed by atoms with Crippen LogP contribution in [0.5, 0.6) is 0 Å². The molecule has 5 rings (SSSR count). The van der Waals surface area contributed by atoms with Crippen LogP contribution in [-0.2, 0) is 17.6 Å². The first-order chi connectivity index (χ1) is 14.2. The number of nitrogen functional groups attached to an aromatic ring is 1. The van der Waals surface area contributed by atoms with Crippen LogP contribution in [0.4, 0.5) is 17.2 Å². The van der Waals surface area contributed by atoms with E-state index in [0.29, 0.717) is 11.0 Å². The molecule has 1 aliphatic heterocycles. The Bertz CT molecular complexity index is 1170. The number of fused-ring (bicyclic) bond motifs is 3. The second-order valence-electron chi connectivity index (χ2n) is 6.81. The van der Waals surface area contributed by atoms with Gasteiger partial charge in [0.1, 0.15) is 10.6 Å². The molecular formula is C22H18N4OS2. The molecule has 1 amide bonds. The van der Waals surface area contributed by atoms with Crippen molar-refractivity contribution in [1.29, 1.82) is 0 Å². The minimum Gasteiger partial charge on any atom is -0.383 e. The molecule has 0 unspecified atom stereocenters. The maximum Gasteiger partial charge on any atom is 0.242 e. The summed E-state index contributed by atoms with van der Waals surface area (Å²) in [5.41, 5.74) is 10.3. The number of hydrogen-bond donors (Lipinski definition) is 1. The van der Waals surface area contributed by atoms with E-state index >= 15 is 0 Å². The van der Waals surface area contributed by atoms with Crippen molar-refractivity contribution in [2.45, 2.75) is 18.0 Å². The van der Waals surface area contributed by atoms with Crippen molar-refractivity contribution in [2.24, 2.45) is 0 Å². The van der Waals surface area contributed by atoms with E-state index in [1.165, 1.54) is 34.2 Å². The summed E-state index contributed by atoms with van der Waals surface area (Å²) in [6, 6.07) is 18.2. The zero-order valence-corrected chi connectivity index (χ0v) is 17.2. The summed E-state index contributed by atoms with van der Waals surface area (Å²) in [6.07, 6.45) is 1.83. The molecular weight excluding hydrogens is 400 g/mol. The Labute approximate surface area is 176 Å². The van der Waals surface area contributed by atoms with E-state index in [1.54, 1.807) is 0 Å². The van der Waals surface area contributed by atoms with Crippen LogP contribution in [0.15, 0.2) is 65.1 Å². The van der Waals surface area contributed by atoms with E-state index in [1.807, 2.05) is 52.7 Å². The molecule has 0 radical (unpaired) electrons. The Morgan fingerprint density at radius 2 is 1.66 bits per heavy atom. The molecule has 0 saturated carbocycles. The zero-order chi connectivity index (χ0) is 19.8. The second kappa shape index (κ2) is 7.50. The molecule has 5 nitrogen and oxygen atoms in total. The fourth-order valence-corrected chi connectivity index (χ4v) is 5.19. The van der Waals surface area contributed by atoms with Crippen LogP contribution in [0.1, 0.15) is 11.1 Å². The largest absolute Gasteiger partial charge is 0.383 e. The molecule has 0 saturated heterocycles. The summed E-state index contributed by atoms with van der Waals surface area (Å²) in [6.45, 7) is 0. The van der Waals surface area contributed by atoms with Crippen LogP contribution in [0, 0.1) is 0 Å². The molecule has 7 heteroatoms. The predicted octanol–water partition coefficient (Wildman–Crippen LogP) is 4.83. The quantitative estimate of drug-likeness (QED) is 0.381. The van der Waals surface area contributed by atoms with Gasteiger partial charge in [-0.1, -0.05) is 48.2 Å². The first-order valence-corrected chi connectivity index (χ1v) is 11.2. The van der Waals surface area contributed by atoms with Gasteiger partial charge in [-0.05, 0) is 47.5 Å². The molecule has 2 N–H and O–H groups in total. The van der Waals surface area contributed by atoms with Crippen LogP contribution in [0.2, 0.25) is 0 Å². The van der Waals surface area contributed by atoms with Gasteiger partial charge in [0, 0.05) is 0 Å². The smallest absolute Gasteiger partial charge is 0.242 e. The molecule has 0 spiro atoms. The van der Waals surface area contributed by atoms with E-state index in [0.717, 1.165) is 34.4 Å². The molecule has 2 aromatic carbocycles. The Morgan fingerprint density at radius 3 is 2.34 bits per heavy atom. The first kappa shape index (κ1) is 18.1. The van der Waals surface area contributed by atoms with Crippen LogP contribution >= 0.6 is 23.1 Å². The maximum absolute atomic E-state index is 13.4. The van der Waals surface area contributed by atoms with E-state index < -0.39 is 0 Å². The molecule has 1 aliphatic rings. The molecule has 144 valence electrons. The van der Waals surface area contributed by atoms with Crippen molar-refractivity contribution in [3.63, 3.8) is 0 Å². The SMILES string of the molecule is Nc1nc(SCC(=O)N2c3ccccc3CCc3ccccc32)nc2sccc12. The Balaban J connectivity index is 1.47. The third-order valence-corrected chi connectivity index (χ3v) is 6.68. The lowest BCUT2D eigenvalue weighted by Gasteiger charge is -2.24. The van der Waals surface area contributed by atoms with E-state index in [2.05, 4.69) is 22.1 Å². The number of thiophene rings is 1. The molecule has 3 heterocycles. The molecule has 0 aliphatic carbocycles. The number of rotatable bonds is 3. The monoisotopic (exact) mass is 418 g/mol. The Kier molecular flexibility index (Phi) is 4.69. The highest BCUT2D eigenvalue weighted by atomic mass is 32.2. The zero-order valence-electron chi connectivity index (χ0n) is 15.5. The number of carbonyl (C=O) groups excluding carboxylic acids is 1. The fraction of sp³-hybridized carbons (Fsp3) is 0.136. The number of amides is 1. The average Bonchev–Trinajstić information content (AvgIpc) is 3.15. The Hall–Kier alpha value is -2.90. The molecule has 0 bridgehead atoms. The second-order valence-corrected chi connectivity index (χ2v) is 8.64. The summed E-state index contributed by atoms with van der Waals surface area (Å²) in [5.74, 6) is 0.695. The number of thioether (sulfide) groups is 1. The fourth-order valence-electron chi connectivity index (χ4n) is 3.66. The first-order valence-electron chi connectivity index (χ1n) is 9.33.